The molecule has 0 saturated carbocycles. The normalized spacial score (nSPS) is 12.9. The number of nitrogens with one attached hydrogen (secondary N) is 1. The maximum atomic E-state index is 3.71. The van der Waals surface area contributed by atoms with E-state index in [4.69, 9.17) is 0 Å². The van der Waals surface area contributed by atoms with Crippen molar-refractivity contribution >= 4 is 65.8 Å². The van der Waals surface area contributed by atoms with Gasteiger partial charge in [-0.3, -0.25) is 0 Å². The summed E-state index contributed by atoms with van der Waals surface area (Å²) < 4.78 is 4.81. The Kier molecular flexibility index (Phi) is 7.92. The van der Waals surface area contributed by atoms with E-state index in [0.717, 1.165) is 12.2 Å². The summed E-state index contributed by atoms with van der Waals surface area (Å²) in [5, 5.41) is 11.2. The van der Waals surface area contributed by atoms with E-state index in [1.54, 1.807) is 0 Å². The summed E-state index contributed by atoms with van der Waals surface area (Å²) in [6.07, 6.45) is 4.62. The summed E-state index contributed by atoms with van der Waals surface area (Å²) in [5.41, 5.74) is 16.8. The molecule has 9 aromatic carbocycles. The first-order valence-electron chi connectivity index (χ1n) is 20.7. The molecule has 0 bridgehead atoms. The highest BCUT2D eigenvalue weighted by Gasteiger charge is 2.19. The van der Waals surface area contributed by atoms with Gasteiger partial charge in [0.1, 0.15) is 0 Å². The van der Waals surface area contributed by atoms with E-state index >= 15 is 0 Å². The van der Waals surface area contributed by atoms with Crippen molar-refractivity contribution in [2.24, 2.45) is 0 Å². The predicted molar refractivity (Wildman–Crippen MR) is 254 cm³/mol. The van der Waals surface area contributed by atoms with Gasteiger partial charge in [-0.1, -0.05) is 152 Å². The fraction of sp³-hybridized carbons (Fsp3) is 0.0175. The van der Waals surface area contributed by atoms with Crippen molar-refractivity contribution in [1.82, 2.24) is 14.5 Å². The largest absolute Gasteiger partial charge is 0.381 e. The van der Waals surface area contributed by atoms with Gasteiger partial charge in [-0.15, -0.1) is 0 Å². The van der Waals surface area contributed by atoms with Crippen molar-refractivity contribution in [2.45, 2.75) is 0 Å². The number of dihydropyridines is 1. The molecular formula is C57H39N3. The van der Waals surface area contributed by atoms with Gasteiger partial charge in [-0.05, 0) is 116 Å². The minimum atomic E-state index is 0.739. The number of hydrogen-bond donors (Lipinski definition) is 1. The predicted octanol–water partition coefficient (Wildman–Crippen LogP) is 14.5. The van der Waals surface area contributed by atoms with E-state index in [9.17, 15) is 0 Å². The quantitative estimate of drug-likeness (QED) is 0.179. The van der Waals surface area contributed by atoms with Crippen molar-refractivity contribution in [3.05, 3.63) is 224 Å². The van der Waals surface area contributed by atoms with E-state index in [1.165, 1.54) is 105 Å². The number of fused-ring (bicyclic) bond motifs is 7. The number of aromatic nitrogens is 2. The summed E-state index contributed by atoms with van der Waals surface area (Å²) in [6.45, 7) is 0.739. The molecule has 0 atom stereocenters. The Hall–Kier alpha value is -7.88. The Morgan fingerprint density at radius 3 is 1.50 bits per heavy atom. The fourth-order valence-electron chi connectivity index (χ4n) is 9.58. The topological polar surface area (TPSA) is 21.9 Å². The van der Waals surface area contributed by atoms with Gasteiger partial charge in [0.05, 0.1) is 22.1 Å². The number of rotatable bonds is 6. The highest BCUT2D eigenvalue weighted by Crippen LogP contribution is 2.40. The SMILES string of the molecule is C1=C(c2cccc(-c3ccc(-c4ccccc4)c4ccccc34)c2)NCC=C1n1c2ccccc2c2cc(-c3ccc4c(c3)c3ccccc3n4-c3ccccc3)ccc21. The summed E-state index contributed by atoms with van der Waals surface area (Å²) >= 11 is 0. The highest BCUT2D eigenvalue weighted by atomic mass is 15.0. The van der Waals surface area contributed by atoms with Crippen LogP contribution >= 0.6 is 0 Å². The zero-order valence-corrected chi connectivity index (χ0v) is 32.9. The molecule has 0 saturated heterocycles. The van der Waals surface area contributed by atoms with Crippen LogP contribution in [-0.2, 0) is 0 Å². The van der Waals surface area contributed by atoms with Crippen molar-refractivity contribution in [1.29, 1.82) is 0 Å². The van der Waals surface area contributed by atoms with Gasteiger partial charge in [0.15, 0.2) is 0 Å². The first-order valence-corrected chi connectivity index (χ1v) is 20.7. The van der Waals surface area contributed by atoms with Crippen LogP contribution in [0, 0.1) is 0 Å². The molecule has 3 heteroatoms. The smallest absolute Gasteiger partial charge is 0.0541 e. The maximum Gasteiger partial charge on any atom is 0.0541 e. The summed E-state index contributed by atoms with van der Waals surface area (Å²) in [7, 11) is 0. The van der Waals surface area contributed by atoms with Gasteiger partial charge < -0.3 is 14.5 Å². The molecule has 0 amide bonds. The average Bonchev–Trinajstić information content (AvgIpc) is 3.84. The standard InChI is InChI=1S/C57H39N3/c1-3-14-38(15-4-1)45-28-29-46(48-21-8-7-20-47(45)48)41-16-13-17-42(34-41)53-37-44(32-33-58-53)60-55-25-12-10-23-50(55)52-36-40(27-31-57(52)60)39-26-30-56-51(35-39)49-22-9-11-24-54(49)59(56)43-18-5-2-6-19-43/h1-32,34-37,58H,33H2. The lowest BCUT2D eigenvalue weighted by Crippen LogP contribution is -2.17. The van der Waals surface area contributed by atoms with Crippen LogP contribution in [0.2, 0.25) is 0 Å². The first kappa shape index (κ1) is 34.2. The second kappa shape index (κ2) is 13.9. The van der Waals surface area contributed by atoms with Gasteiger partial charge in [0.25, 0.3) is 0 Å². The molecular weight excluding hydrogens is 727 g/mol. The summed E-state index contributed by atoms with van der Waals surface area (Å²) in [6, 6.07) is 75.1. The monoisotopic (exact) mass is 765 g/mol. The van der Waals surface area contributed by atoms with Crippen molar-refractivity contribution in [3.63, 3.8) is 0 Å². The van der Waals surface area contributed by atoms with Crippen LogP contribution in [0.25, 0.3) is 105 Å². The molecule has 60 heavy (non-hydrogen) atoms. The third-order valence-electron chi connectivity index (χ3n) is 12.3. The molecule has 282 valence electrons. The molecule has 11 aromatic rings. The first-order chi connectivity index (χ1) is 29.8. The number of allylic oxidation sites excluding steroid dienone is 2. The number of benzene rings is 9. The van der Waals surface area contributed by atoms with Crippen molar-refractivity contribution < 1.29 is 0 Å². The van der Waals surface area contributed by atoms with Gasteiger partial charge in [0.2, 0.25) is 0 Å². The van der Waals surface area contributed by atoms with E-state index in [1.807, 2.05) is 0 Å². The Morgan fingerprint density at radius 1 is 0.333 bits per heavy atom. The van der Waals surface area contributed by atoms with Crippen LogP contribution in [0.15, 0.2) is 218 Å². The van der Waals surface area contributed by atoms with E-state index in [2.05, 4.69) is 233 Å². The second-order valence-corrected chi connectivity index (χ2v) is 15.7. The van der Waals surface area contributed by atoms with Crippen LogP contribution in [0.5, 0.6) is 0 Å². The minimum Gasteiger partial charge on any atom is -0.381 e. The zero-order chi connectivity index (χ0) is 39.6. The second-order valence-electron chi connectivity index (χ2n) is 15.7. The Morgan fingerprint density at radius 2 is 0.833 bits per heavy atom. The molecule has 3 nitrogen and oxygen atoms in total. The van der Waals surface area contributed by atoms with Crippen LogP contribution in [0.4, 0.5) is 0 Å². The van der Waals surface area contributed by atoms with E-state index in [0.29, 0.717) is 0 Å². The fourth-order valence-corrected chi connectivity index (χ4v) is 9.58. The molecule has 0 unspecified atom stereocenters. The van der Waals surface area contributed by atoms with Gasteiger partial charge in [0, 0.05) is 45.2 Å². The summed E-state index contributed by atoms with van der Waals surface area (Å²) in [4.78, 5) is 0. The van der Waals surface area contributed by atoms with Crippen molar-refractivity contribution in [3.8, 4) is 39.1 Å². The summed E-state index contributed by atoms with van der Waals surface area (Å²) in [5.74, 6) is 0. The Balaban J connectivity index is 0.935. The highest BCUT2D eigenvalue weighted by molar-refractivity contribution is 6.14. The molecule has 0 fully saturated rings. The van der Waals surface area contributed by atoms with Crippen LogP contribution in [-0.4, -0.2) is 15.7 Å². The molecule has 0 spiro atoms. The minimum absolute atomic E-state index is 0.739. The molecule has 1 N–H and O–H groups in total. The molecule has 12 rings (SSSR count). The lowest BCUT2D eigenvalue weighted by Gasteiger charge is -2.20. The molecule has 3 heterocycles. The molecule has 1 aliphatic rings. The Bertz CT molecular complexity index is 3530. The maximum absolute atomic E-state index is 3.71. The third-order valence-corrected chi connectivity index (χ3v) is 12.3. The lowest BCUT2D eigenvalue weighted by atomic mass is 9.91. The van der Waals surface area contributed by atoms with Gasteiger partial charge >= 0.3 is 0 Å². The molecule has 1 aliphatic heterocycles. The lowest BCUT2D eigenvalue weighted by molar-refractivity contribution is 0.985. The Labute approximate surface area is 348 Å². The van der Waals surface area contributed by atoms with E-state index in [-0.39, 0.29) is 0 Å². The third kappa shape index (κ3) is 5.51. The molecule has 2 aromatic heterocycles. The van der Waals surface area contributed by atoms with Crippen molar-refractivity contribution in [2.75, 3.05) is 6.54 Å². The van der Waals surface area contributed by atoms with Crippen LogP contribution < -0.4 is 5.32 Å². The average molecular weight is 766 g/mol. The van der Waals surface area contributed by atoms with Crippen LogP contribution in [0.3, 0.4) is 0 Å². The van der Waals surface area contributed by atoms with Gasteiger partial charge in [-0.25, -0.2) is 0 Å². The zero-order valence-electron chi connectivity index (χ0n) is 32.9. The number of nitrogens with zero attached hydrogens (tertiary/aromatic N) is 2. The number of para-hydroxylation sites is 3. The van der Waals surface area contributed by atoms with Crippen LogP contribution in [0.1, 0.15) is 5.56 Å². The number of hydrogen-bond acceptors (Lipinski definition) is 1. The van der Waals surface area contributed by atoms with E-state index < -0.39 is 0 Å². The van der Waals surface area contributed by atoms with Gasteiger partial charge in [-0.2, -0.15) is 0 Å². The molecule has 0 radical (unpaired) electrons. The molecule has 0 aliphatic carbocycles.